The Hall–Kier alpha value is -0.770. The van der Waals surface area contributed by atoms with Gasteiger partial charge in [0.1, 0.15) is 0 Å². The number of piperidine rings is 1. The molecule has 1 heterocycles. The first-order valence-corrected chi connectivity index (χ1v) is 8.12. The highest BCUT2D eigenvalue weighted by molar-refractivity contribution is 6.33. The number of aliphatic carboxylic acids is 1. The van der Waals surface area contributed by atoms with E-state index in [4.69, 9.17) is 23.2 Å². The topological polar surface area (TPSA) is 40.5 Å². The van der Waals surface area contributed by atoms with Crippen molar-refractivity contribution in [2.24, 2.45) is 5.41 Å². The van der Waals surface area contributed by atoms with Gasteiger partial charge < -0.3 is 5.11 Å². The van der Waals surface area contributed by atoms with Crippen LogP contribution in [0.4, 0.5) is 0 Å². The highest BCUT2D eigenvalue weighted by Gasteiger charge is 2.40. The van der Waals surface area contributed by atoms with Crippen LogP contribution in [0, 0.1) is 5.41 Å². The van der Waals surface area contributed by atoms with E-state index >= 15 is 0 Å². The minimum Gasteiger partial charge on any atom is -0.481 e. The maximum Gasteiger partial charge on any atom is 0.309 e. The molecule has 0 aliphatic carbocycles. The summed E-state index contributed by atoms with van der Waals surface area (Å²) in [5, 5.41) is 10.9. The Labute approximate surface area is 135 Å². The SMILES string of the molecule is CCCC1(C(=O)O)CCN(Cc2cc(Cl)ccc2Cl)CC1. The highest BCUT2D eigenvalue weighted by Crippen LogP contribution is 2.37. The molecule has 1 saturated heterocycles. The molecule has 1 aliphatic rings. The molecule has 0 aromatic heterocycles. The standard InChI is InChI=1S/C16H21Cl2NO2/c1-2-5-16(15(20)21)6-8-19(9-7-16)11-12-10-13(17)3-4-14(12)18/h3-4,10H,2,5-9,11H2,1H3,(H,20,21). The van der Waals surface area contributed by atoms with Crippen LogP contribution >= 0.6 is 23.2 Å². The Kier molecular flexibility index (Phi) is 5.53. The van der Waals surface area contributed by atoms with Crippen LogP contribution in [0.5, 0.6) is 0 Å². The van der Waals surface area contributed by atoms with Gasteiger partial charge in [-0.1, -0.05) is 36.5 Å². The van der Waals surface area contributed by atoms with E-state index in [1.807, 2.05) is 19.1 Å². The molecule has 0 spiro atoms. The van der Waals surface area contributed by atoms with Crippen molar-refractivity contribution in [1.29, 1.82) is 0 Å². The van der Waals surface area contributed by atoms with E-state index in [9.17, 15) is 9.90 Å². The van der Waals surface area contributed by atoms with Gasteiger partial charge in [-0.2, -0.15) is 0 Å². The lowest BCUT2D eigenvalue weighted by molar-refractivity contribution is -0.152. The van der Waals surface area contributed by atoms with E-state index in [0.717, 1.165) is 38.0 Å². The van der Waals surface area contributed by atoms with Crippen LogP contribution < -0.4 is 0 Å². The van der Waals surface area contributed by atoms with Gasteiger partial charge in [-0.3, -0.25) is 9.69 Å². The van der Waals surface area contributed by atoms with Gasteiger partial charge >= 0.3 is 5.97 Å². The number of likely N-dealkylation sites (tertiary alicyclic amines) is 1. The zero-order valence-corrected chi connectivity index (χ0v) is 13.8. The molecule has 0 bridgehead atoms. The number of carboxylic acid groups (broad SMARTS) is 1. The number of halogens is 2. The zero-order valence-electron chi connectivity index (χ0n) is 12.2. The van der Waals surface area contributed by atoms with E-state index in [1.54, 1.807) is 6.07 Å². The smallest absolute Gasteiger partial charge is 0.309 e. The first-order valence-electron chi connectivity index (χ1n) is 7.36. The lowest BCUT2D eigenvalue weighted by Crippen LogP contribution is -2.44. The van der Waals surface area contributed by atoms with Crippen LogP contribution in [0.1, 0.15) is 38.2 Å². The van der Waals surface area contributed by atoms with Crippen molar-refractivity contribution in [2.75, 3.05) is 13.1 Å². The Morgan fingerprint density at radius 1 is 1.33 bits per heavy atom. The molecule has 1 aliphatic heterocycles. The highest BCUT2D eigenvalue weighted by atomic mass is 35.5. The minimum atomic E-state index is -0.648. The molecule has 3 nitrogen and oxygen atoms in total. The second kappa shape index (κ2) is 6.99. The normalized spacial score (nSPS) is 18.6. The zero-order chi connectivity index (χ0) is 15.5. The van der Waals surface area contributed by atoms with Gasteiger partial charge in [-0.15, -0.1) is 0 Å². The fourth-order valence-electron chi connectivity index (χ4n) is 3.09. The summed E-state index contributed by atoms with van der Waals surface area (Å²) in [6.45, 7) is 4.34. The third kappa shape index (κ3) is 3.91. The van der Waals surface area contributed by atoms with Crippen LogP contribution in [-0.4, -0.2) is 29.1 Å². The summed E-state index contributed by atoms with van der Waals surface area (Å²) in [5.41, 5.74) is 0.464. The Morgan fingerprint density at radius 3 is 2.57 bits per heavy atom. The van der Waals surface area contributed by atoms with E-state index in [2.05, 4.69) is 4.90 Å². The average molecular weight is 330 g/mol. The fraction of sp³-hybridized carbons (Fsp3) is 0.562. The first kappa shape index (κ1) is 16.6. The molecular weight excluding hydrogens is 309 g/mol. The van der Waals surface area contributed by atoms with Crippen molar-refractivity contribution in [1.82, 2.24) is 4.90 Å². The molecule has 1 N–H and O–H groups in total. The number of rotatable bonds is 5. The number of carbonyl (C=O) groups is 1. The van der Waals surface area contributed by atoms with Crippen LogP contribution in [0.3, 0.4) is 0 Å². The third-order valence-electron chi connectivity index (χ3n) is 4.40. The number of nitrogens with zero attached hydrogens (tertiary/aromatic N) is 1. The minimum absolute atomic E-state index is 0.538. The largest absolute Gasteiger partial charge is 0.481 e. The first-order chi connectivity index (χ1) is 9.97. The van der Waals surface area contributed by atoms with Gasteiger partial charge in [0.2, 0.25) is 0 Å². The molecule has 0 atom stereocenters. The van der Waals surface area contributed by atoms with E-state index < -0.39 is 11.4 Å². The number of hydrogen-bond donors (Lipinski definition) is 1. The van der Waals surface area contributed by atoms with E-state index in [0.29, 0.717) is 22.9 Å². The molecule has 116 valence electrons. The van der Waals surface area contributed by atoms with Crippen molar-refractivity contribution in [3.05, 3.63) is 33.8 Å². The maximum atomic E-state index is 11.6. The average Bonchev–Trinajstić information content (AvgIpc) is 2.45. The summed E-state index contributed by atoms with van der Waals surface area (Å²) < 4.78 is 0. The molecular formula is C16H21Cl2NO2. The lowest BCUT2D eigenvalue weighted by atomic mass is 9.75. The third-order valence-corrected chi connectivity index (χ3v) is 5.00. The predicted octanol–water partition coefficient (Wildman–Crippen LogP) is 4.46. The van der Waals surface area contributed by atoms with Crippen LogP contribution in [0.25, 0.3) is 0 Å². The van der Waals surface area contributed by atoms with Crippen molar-refractivity contribution in [2.45, 2.75) is 39.2 Å². The van der Waals surface area contributed by atoms with Crippen molar-refractivity contribution in [3.63, 3.8) is 0 Å². The summed E-state index contributed by atoms with van der Waals surface area (Å²) in [6.07, 6.45) is 3.07. The molecule has 2 rings (SSSR count). The summed E-state index contributed by atoms with van der Waals surface area (Å²) in [5.74, 6) is -0.648. The Bertz CT molecular complexity index is 511. The molecule has 5 heteroatoms. The molecule has 0 radical (unpaired) electrons. The monoisotopic (exact) mass is 329 g/mol. The van der Waals surface area contributed by atoms with Crippen molar-refractivity contribution in [3.8, 4) is 0 Å². The predicted molar refractivity (Wildman–Crippen MR) is 85.9 cm³/mol. The summed E-state index contributed by atoms with van der Waals surface area (Å²) >= 11 is 12.2. The van der Waals surface area contributed by atoms with Gasteiger partial charge in [0.05, 0.1) is 5.41 Å². The van der Waals surface area contributed by atoms with Gasteiger partial charge in [0.15, 0.2) is 0 Å². The number of carboxylic acids is 1. The van der Waals surface area contributed by atoms with Gasteiger partial charge in [0.25, 0.3) is 0 Å². The molecule has 0 unspecified atom stereocenters. The summed E-state index contributed by atoms with van der Waals surface area (Å²) in [7, 11) is 0. The molecule has 1 aromatic carbocycles. The van der Waals surface area contributed by atoms with Crippen LogP contribution in [0.2, 0.25) is 10.0 Å². The summed E-state index contributed by atoms with van der Waals surface area (Å²) in [6, 6.07) is 5.47. The molecule has 1 aromatic rings. The fourth-order valence-corrected chi connectivity index (χ4v) is 3.47. The van der Waals surface area contributed by atoms with Gasteiger partial charge in [-0.05, 0) is 56.1 Å². The second-order valence-electron chi connectivity index (χ2n) is 5.85. The van der Waals surface area contributed by atoms with Crippen molar-refractivity contribution < 1.29 is 9.90 Å². The van der Waals surface area contributed by atoms with Gasteiger partial charge in [-0.25, -0.2) is 0 Å². The Balaban J connectivity index is 2.00. The molecule has 0 saturated carbocycles. The quantitative estimate of drug-likeness (QED) is 0.866. The molecule has 1 fully saturated rings. The second-order valence-corrected chi connectivity index (χ2v) is 6.69. The van der Waals surface area contributed by atoms with Crippen LogP contribution in [-0.2, 0) is 11.3 Å². The van der Waals surface area contributed by atoms with Crippen molar-refractivity contribution >= 4 is 29.2 Å². The lowest BCUT2D eigenvalue weighted by Gasteiger charge is -2.39. The number of hydrogen-bond acceptors (Lipinski definition) is 2. The molecule has 0 amide bonds. The number of benzene rings is 1. The van der Waals surface area contributed by atoms with E-state index in [-0.39, 0.29) is 0 Å². The summed E-state index contributed by atoms with van der Waals surface area (Å²) in [4.78, 5) is 13.8. The maximum absolute atomic E-state index is 11.6. The molecule has 21 heavy (non-hydrogen) atoms. The van der Waals surface area contributed by atoms with Gasteiger partial charge in [0, 0.05) is 16.6 Å². The Morgan fingerprint density at radius 2 is 2.00 bits per heavy atom. The van der Waals surface area contributed by atoms with Crippen LogP contribution in [0.15, 0.2) is 18.2 Å². The van der Waals surface area contributed by atoms with E-state index in [1.165, 1.54) is 0 Å².